The number of hydrogen-bond donors (Lipinski definition) is 1. The van der Waals surface area contributed by atoms with Crippen LogP contribution >= 0.6 is 0 Å². The molecule has 7 rings (SSSR count). The van der Waals surface area contributed by atoms with E-state index >= 15 is 0 Å². The smallest absolute Gasteiger partial charge is 0.251 e. The third kappa shape index (κ3) is 6.74. The monoisotopic (exact) mass is 636 g/mol. The number of ether oxygens (including phenoxy) is 2. The van der Waals surface area contributed by atoms with Crippen LogP contribution in [0.4, 0.5) is 4.39 Å². The van der Waals surface area contributed by atoms with Gasteiger partial charge in [-0.2, -0.15) is 5.26 Å². The van der Waals surface area contributed by atoms with Gasteiger partial charge in [0.05, 0.1) is 41.9 Å². The molecular formula is C37H41FN6O3. The highest BCUT2D eigenvalue weighted by Crippen LogP contribution is 2.51. The maximum absolute atomic E-state index is 14.3. The molecule has 1 saturated carbocycles. The van der Waals surface area contributed by atoms with E-state index in [0.29, 0.717) is 22.9 Å². The number of nitriles is 1. The van der Waals surface area contributed by atoms with Gasteiger partial charge in [-0.05, 0) is 88.3 Å². The van der Waals surface area contributed by atoms with E-state index in [1.54, 1.807) is 12.1 Å². The summed E-state index contributed by atoms with van der Waals surface area (Å²) in [7, 11) is 0. The standard InChI is InChI=1S/C37H41FN6O3/c1-36(2,3)42-35(45)25-9-10-31-32(16-25)44(19-28-12-14-46-28)33(40-31)20-43-22-37(23-43)13-11-26(17-37)30-5-4-6-34(41-30)47-21-27-8-7-24(18-39)15-29(27)38/h4-10,15-16,26,28H,11-14,17,19-23H2,1-3H3,(H,42,45). The molecule has 10 heteroatoms. The van der Waals surface area contributed by atoms with Crippen LogP contribution < -0.4 is 10.1 Å². The van der Waals surface area contributed by atoms with Crippen molar-refractivity contribution in [3.05, 3.63) is 88.6 Å². The molecule has 1 aliphatic carbocycles. The van der Waals surface area contributed by atoms with E-state index in [2.05, 4.69) is 20.9 Å². The van der Waals surface area contributed by atoms with Gasteiger partial charge < -0.3 is 19.4 Å². The van der Waals surface area contributed by atoms with Gasteiger partial charge in [-0.1, -0.05) is 12.1 Å². The van der Waals surface area contributed by atoms with Crippen LogP contribution in [-0.4, -0.2) is 56.7 Å². The first-order valence-corrected chi connectivity index (χ1v) is 16.5. The fourth-order valence-corrected chi connectivity index (χ4v) is 7.27. The first-order valence-electron chi connectivity index (χ1n) is 16.5. The number of nitrogens with zero attached hydrogens (tertiary/aromatic N) is 5. The topological polar surface area (TPSA) is 105 Å². The lowest BCUT2D eigenvalue weighted by Gasteiger charge is -2.48. The number of imidazole rings is 1. The lowest BCUT2D eigenvalue weighted by Crippen LogP contribution is -2.54. The first kappa shape index (κ1) is 31.3. The van der Waals surface area contributed by atoms with E-state index in [0.717, 1.165) is 81.0 Å². The minimum absolute atomic E-state index is 0.0562. The van der Waals surface area contributed by atoms with Crippen LogP contribution in [0.5, 0.6) is 5.88 Å². The largest absolute Gasteiger partial charge is 0.473 e. The summed E-state index contributed by atoms with van der Waals surface area (Å²) in [5.74, 6) is 1.31. The third-order valence-corrected chi connectivity index (χ3v) is 9.66. The highest BCUT2D eigenvalue weighted by atomic mass is 19.1. The van der Waals surface area contributed by atoms with E-state index in [1.807, 2.05) is 57.2 Å². The number of likely N-dealkylation sites (tertiary alicyclic amines) is 1. The molecule has 0 radical (unpaired) electrons. The van der Waals surface area contributed by atoms with E-state index in [1.165, 1.54) is 6.07 Å². The molecule has 2 atom stereocenters. The Morgan fingerprint density at radius 3 is 2.70 bits per heavy atom. The predicted octanol–water partition coefficient (Wildman–Crippen LogP) is 6.11. The second-order valence-corrected chi connectivity index (χ2v) is 14.5. The molecule has 244 valence electrons. The summed E-state index contributed by atoms with van der Waals surface area (Å²) in [6.07, 6.45) is 4.50. The highest BCUT2D eigenvalue weighted by Gasteiger charge is 2.48. The molecule has 47 heavy (non-hydrogen) atoms. The minimum Gasteiger partial charge on any atom is -0.473 e. The zero-order valence-corrected chi connectivity index (χ0v) is 27.3. The molecule has 9 nitrogen and oxygen atoms in total. The summed E-state index contributed by atoms with van der Waals surface area (Å²) in [5.41, 5.74) is 4.16. The Morgan fingerprint density at radius 2 is 1.98 bits per heavy atom. The molecule has 2 aliphatic heterocycles. The third-order valence-electron chi connectivity index (χ3n) is 9.66. The SMILES string of the molecule is CC(C)(C)NC(=O)c1ccc2nc(CN3CC4(CCC(c5cccc(OCc6ccc(C#N)cc6F)n5)C4)C3)n(CC3CCO3)c2c1. The van der Waals surface area contributed by atoms with Gasteiger partial charge in [0, 0.05) is 54.0 Å². The number of aromatic nitrogens is 3. The van der Waals surface area contributed by atoms with Crippen molar-refractivity contribution in [2.45, 2.75) is 83.7 Å². The van der Waals surface area contributed by atoms with Crippen molar-refractivity contribution >= 4 is 16.9 Å². The van der Waals surface area contributed by atoms with Gasteiger partial charge in [0.2, 0.25) is 5.88 Å². The number of fused-ring (bicyclic) bond motifs is 1. The van der Waals surface area contributed by atoms with Gasteiger partial charge in [-0.15, -0.1) is 0 Å². The molecule has 4 aromatic rings. The van der Waals surface area contributed by atoms with Gasteiger partial charge >= 0.3 is 0 Å². The predicted molar refractivity (Wildman–Crippen MR) is 175 cm³/mol. The van der Waals surface area contributed by atoms with Crippen molar-refractivity contribution in [2.75, 3.05) is 19.7 Å². The Balaban J connectivity index is 0.998. The van der Waals surface area contributed by atoms with Crippen molar-refractivity contribution in [2.24, 2.45) is 5.41 Å². The zero-order valence-electron chi connectivity index (χ0n) is 27.3. The van der Waals surface area contributed by atoms with Crippen LogP contribution in [0.25, 0.3) is 11.0 Å². The van der Waals surface area contributed by atoms with Crippen molar-refractivity contribution in [1.82, 2.24) is 24.8 Å². The van der Waals surface area contributed by atoms with E-state index in [-0.39, 0.29) is 35.1 Å². The molecular weight excluding hydrogens is 595 g/mol. The average molecular weight is 637 g/mol. The Morgan fingerprint density at radius 1 is 1.15 bits per heavy atom. The Hall–Kier alpha value is -4.33. The fraction of sp³-hybridized carbons (Fsp3) is 0.459. The number of pyridine rings is 1. The van der Waals surface area contributed by atoms with Crippen molar-refractivity contribution in [3.63, 3.8) is 0 Å². The van der Waals surface area contributed by atoms with Crippen molar-refractivity contribution < 1.29 is 18.7 Å². The summed E-state index contributed by atoms with van der Waals surface area (Å²) < 4.78 is 28.2. The van der Waals surface area contributed by atoms with E-state index in [4.69, 9.17) is 24.7 Å². The molecule has 2 saturated heterocycles. The van der Waals surface area contributed by atoms with E-state index in [9.17, 15) is 9.18 Å². The van der Waals surface area contributed by atoms with Crippen LogP contribution in [0, 0.1) is 22.6 Å². The maximum Gasteiger partial charge on any atom is 0.251 e. The van der Waals surface area contributed by atoms with Gasteiger partial charge in [0.25, 0.3) is 5.91 Å². The quantitative estimate of drug-likeness (QED) is 0.236. The second-order valence-electron chi connectivity index (χ2n) is 14.5. The van der Waals surface area contributed by atoms with Crippen LogP contribution in [0.3, 0.4) is 0 Å². The Kier molecular flexibility index (Phi) is 8.23. The lowest BCUT2D eigenvalue weighted by atomic mass is 9.77. The number of amides is 1. The van der Waals surface area contributed by atoms with Crippen molar-refractivity contribution in [3.8, 4) is 11.9 Å². The van der Waals surface area contributed by atoms with E-state index < -0.39 is 5.82 Å². The van der Waals surface area contributed by atoms with Gasteiger partial charge in [0.1, 0.15) is 18.2 Å². The second kappa shape index (κ2) is 12.4. The first-order chi connectivity index (χ1) is 22.6. The number of carbonyl (C=O) groups excluding carboxylic acids is 1. The molecule has 2 aromatic heterocycles. The van der Waals surface area contributed by atoms with Crippen LogP contribution in [0.2, 0.25) is 0 Å². The van der Waals surface area contributed by atoms with Gasteiger partial charge in [0.15, 0.2) is 0 Å². The molecule has 1 spiro atoms. The molecule has 2 aromatic carbocycles. The van der Waals surface area contributed by atoms with Crippen LogP contribution in [-0.2, 0) is 24.4 Å². The molecule has 4 heterocycles. The molecule has 3 fully saturated rings. The van der Waals surface area contributed by atoms with Crippen LogP contribution in [0.15, 0.2) is 54.6 Å². The Bertz CT molecular complexity index is 1850. The average Bonchev–Trinajstić information content (AvgIpc) is 3.59. The summed E-state index contributed by atoms with van der Waals surface area (Å²) in [4.78, 5) is 25.3. The summed E-state index contributed by atoms with van der Waals surface area (Å²) in [6.45, 7) is 10.3. The number of rotatable bonds is 9. The minimum atomic E-state index is -0.451. The Labute approximate surface area is 274 Å². The molecule has 1 N–H and O–H groups in total. The normalized spacial score (nSPS) is 20.5. The molecule has 1 amide bonds. The molecule has 3 aliphatic rings. The highest BCUT2D eigenvalue weighted by molar-refractivity contribution is 5.97. The lowest BCUT2D eigenvalue weighted by molar-refractivity contribution is -0.0599. The summed E-state index contributed by atoms with van der Waals surface area (Å²) in [5, 5.41) is 12.1. The van der Waals surface area contributed by atoms with Crippen LogP contribution in [0.1, 0.15) is 85.4 Å². The maximum atomic E-state index is 14.3. The molecule has 2 unspecified atom stereocenters. The number of halogens is 1. The molecule has 0 bridgehead atoms. The van der Waals surface area contributed by atoms with Gasteiger partial charge in [-0.25, -0.2) is 14.4 Å². The summed E-state index contributed by atoms with van der Waals surface area (Å²) >= 11 is 0. The number of carbonyl (C=O) groups is 1. The number of nitrogens with one attached hydrogen (secondary N) is 1. The number of benzene rings is 2. The zero-order chi connectivity index (χ0) is 32.8. The fourth-order valence-electron chi connectivity index (χ4n) is 7.27. The summed E-state index contributed by atoms with van der Waals surface area (Å²) in [6, 6.07) is 18.0. The van der Waals surface area contributed by atoms with Crippen molar-refractivity contribution in [1.29, 1.82) is 5.26 Å². The van der Waals surface area contributed by atoms with Gasteiger partial charge in [-0.3, -0.25) is 9.69 Å². The number of hydrogen-bond acceptors (Lipinski definition) is 7.